The van der Waals surface area contributed by atoms with E-state index in [1.807, 2.05) is 0 Å². The van der Waals surface area contributed by atoms with Gasteiger partial charge in [-0.15, -0.1) is 0 Å². The van der Waals surface area contributed by atoms with E-state index in [4.69, 9.17) is 10.3 Å². The Bertz CT molecular complexity index is 359. The summed E-state index contributed by atoms with van der Waals surface area (Å²) in [5.74, 6) is -1.64. The van der Waals surface area contributed by atoms with Crippen molar-refractivity contribution in [1.29, 1.82) is 0 Å². The maximum absolute atomic E-state index is 10.5. The molecule has 0 aliphatic heterocycles. The first-order valence-electron chi connectivity index (χ1n) is 3.39. The van der Waals surface area contributed by atoms with Crippen LogP contribution in [0.15, 0.2) is 23.4 Å². The molecule has 0 bridgehead atoms. The number of rotatable bonds is 2. The van der Waals surface area contributed by atoms with E-state index in [0.717, 1.165) is 6.21 Å². The van der Waals surface area contributed by atoms with Gasteiger partial charge in [-0.1, -0.05) is 11.2 Å². The molecule has 68 valence electrons. The summed E-state index contributed by atoms with van der Waals surface area (Å²) in [5.41, 5.74) is -0.0696. The van der Waals surface area contributed by atoms with E-state index in [0.29, 0.717) is 0 Å². The summed E-state index contributed by atoms with van der Waals surface area (Å²) in [6.07, 6.45) is 0.960. The van der Waals surface area contributed by atoms with Crippen LogP contribution in [-0.2, 0) is 0 Å². The monoisotopic (exact) mass is 181 g/mol. The Kier molecular flexibility index (Phi) is 2.49. The van der Waals surface area contributed by atoms with Gasteiger partial charge in [0.25, 0.3) is 0 Å². The molecule has 0 unspecified atom stereocenters. The molecule has 0 atom stereocenters. The van der Waals surface area contributed by atoms with Crippen LogP contribution in [0.3, 0.4) is 0 Å². The Morgan fingerprint density at radius 3 is 2.69 bits per heavy atom. The van der Waals surface area contributed by atoms with E-state index in [9.17, 15) is 9.90 Å². The summed E-state index contributed by atoms with van der Waals surface area (Å²) >= 11 is 0. The number of aromatic carboxylic acids is 1. The number of hydrogen-bond acceptors (Lipinski definition) is 4. The van der Waals surface area contributed by atoms with Crippen molar-refractivity contribution in [2.75, 3.05) is 0 Å². The molecule has 13 heavy (non-hydrogen) atoms. The number of oxime groups is 1. The third-order valence-electron chi connectivity index (χ3n) is 1.49. The quantitative estimate of drug-likeness (QED) is 0.359. The van der Waals surface area contributed by atoms with Crippen molar-refractivity contribution in [2.45, 2.75) is 0 Å². The van der Waals surface area contributed by atoms with Crippen molar-refractivity contribution in [3.8, 4) is 5.75 Å². The lowest BCUT2D eigenvalue weighted by atomic mass is 10.1. The fourth-order valence-electron chi connectivity index (χ4n) is 0.900. The third kappa shape index (κ3) is 1.76. The van der Waals surface area contributed by atoms with Crippen molar-refractivity contribution >= 4 is 12.2 Å². The number of phenols is 1. The van der Waals surface area contributed by atoms with Gasteiger partial charge < -0.3 is 15.4 Å². The maximum Gasteiger partial charge on any atom is 0.339 e. The number of para-hydroxylation sites is 1. The first-order chi connectivity index (χ1) is 6.16. The van der Waals surface area contributed by atoms with Crippen molar-refractivity contribution in [1.82, 2.24) is 0 Å². The first-order valence-corrected chi connectivity index (χ1v) is 3.39. The topological polar surface area (TPSA) is 90.1 Å². The van der Waals surface area contributed by atoms with E-state index in [-0.39, 0.29) is 11.1 Å². The SMILES string of the molecule is O=C(O)c1cccc(/C=N/O)c1O. The van der Waals surface area contributed by atoms with Gasteiger partial charge in [-0.05, 0) is 12.1 Å². The second kappa shape index (κ2) is 3.57. The zero-order valence-corrected chi connectivity index (χ0v) is 6.51. The van der Waals surface area contributed by atoms with Gasteiger partial charge in [-0.2, -0.15) is 0 Å². The van der Waals surface area contributed by atoms with E-state index in [2.05, 4.69) is 5.16 Å². The average molecular weight is 181 g/mol. The molecule has 3 N–H and O–H groups in total. The van der Waals surface area contributed by atoms with Gasteiger partial charge in [-0.3, -0.25) is 0 Å². The number of carboxylic acids is 1. The number of nitrogens with zero attached hydrogens (tertiary/aromatic N) is 1. The number of aromatic hydroxyl groups is 1. The van der Waals surface area contributed by atoms with Gasteiger partial charge in [0.05, 0.1) is 6.21 Å². The molecule has 0 fully saturated rings. The largest absolute Gasteiger partial charge is 0.506 e. The lowest BCUT2D eigenvalue weighted by Gasteiger charge is -2.00. The summed E-state index contributed by atoms with van der Waals surface area (Å²) in [7, 11) is 0. The van der Waals surface area contributed by atoms with Crippen molar-refractivity contribution < 1.29 is 20.2 Å². The van der Waals surface area contributed by atoms with Crippen LogP contribution in [0.4, 0.5) is 0 Å². The Hall–Kier alpha value is -2.04. The van der Waals surface area contributed by atoms with E-state index in [1.165, 1.54) is 18.2 Å². The summed E-state index contributed by atoms with van der Waals surface area (Å²) in [6.45, 7) is 0. The molecule has 1 rings (SSSR count). The highest BCUT2D eigenvalue weighted by Gasteiger charge is 2.11. The number of carboxylic acid groups (broad SMARTS) is 1. The van der Waals surface area contributed by atoms with Crippen molar-refractivity contribution in [3.63, 3.8) is 0 Å². The third-order valence-corrected chi connectivity index (χ3v) is 1.49. The standard InChI is InChI=1S/C8H7NO4/c10-7-5(4-9-13)2-1-3-6(7)8(11)12/h1-4,10,13H,(H,11,12)/b9-4+. The van der Waals surface area contributed by atoms with Crippen LogP contribution in [0.25, 0.3) is 0 Å². The van der Waals surface area contributed by atoms with Gasteiger partial charge in [0, 0.05) is 5.56 Å². The second-order valence-electron chi connectivity index (χ2n) is 2.29. The molecule has 0 heterocycles. The van der Waals surface area contributed by atoms with Crippen molar-refractivity contribution in [2.24, 2.45) is 5.16 Å². The van der Waals surface area contributed by atoms with Gasteiger partial charge in [0.1, 0.15) is 11.3 Å². The molecule has 5 nitrogen and oxygen atoms in total. The number of benzene rings is 1. The van der Waals surface area contributed by atoms with E-state index >= 15 is 0 Å². The molecule has 5 heteroatoms. The van der Waals surface area contributed by atoms with Crippen LogP contribution < -0.4 is 0 Å². The Balaban J connectivity index is 3.26. The smallest absolute Gasteiger partial charge is 0.339 e. The Morgan fingerprint density at radius 1 is 1.46 bits per heavy atom. The van der Waals surface area contributed by atoms with Crippen LogP contribution in [0, 0.1) is 0 Å². The molecule has 1 aromatic rings. The molecule has 0 aliphatic rings. The first kappa shape index (κ1) is 9.05. The van der Waals surface area contributed by atoms with E-state index < -0.39 is 11.7 Å². The highest BCUT2D eigenvalue weighted by Crippen LogP contribution is 2.20. The van der Waals surface area contributed by atoms with Crippen LogP contribution >= 0.6 is 0 Å². The molecule has 1 aromatic carbocycles. The summed E-state index contributed by atoms with van der Waals surface area (Å²) in [6, 6.07) is 4.13. The minimum Gasteiger partial charge on any atom is -0.506 e. The molecular weight excluding hydrogens is 174 g/mol. The zero-order chi connectivity index (χ0) is 9.84. The summed E-state index contributed by atoms with van der Waals surface area (Å²) < 4.78 is 0. The highest BCUT2D eigenvalue weighted by atomic mass is 16.4. The van der Waals surface area contributed by atoms with Gasteiger partial charge in [-0.25, -0.2) is 4.79 Å². The Morgan fingerprint density at radius 2 is 2.15 bits per heavy atom. The molecular formula is C8H7NO4. The predicted molar refractivity (Wildman–Crippen MR) is 44.4 cm³/mol. The van der Waals surface area contributed by atoms with Gasteiger partial charge in [0.2, 0.25) is 0 Å². The summed E-state index contributed by atoms with van der Waals surface area (Å²) in [5, 5.41) is 28.8. The van der Waals surface area contributed by atoms with Gasteiger partial charge >= 0.3 is 5.97 Å². The Labute approximate surface area is 73.6 Å². The fraction of sp³-hybridized carbons (Fsp3) is 0. The maximum atomic E-state index is 10.5. The normalized spacial score (nSPS) is 10.5. The molecule has 0 aromatic heterocycles. The lowest BCUT2D eigenvalue weighted by Crippen LogP contribution is -1.98. The summed E-state index contributed by atoms with van der Waals surface area (Å²) in [4.78, 5) is 10.5. The van der Waals surface area contributed by atoms with Crippen molar-refractivity contribution in [3.05, 3.63) is 29.3 Å². The fourth-order valence-corrected chi connectivity index (χ4v) is 0.900. The molecule has 0 radical (unpaired) electrons. The second-order valence-corrected chi connectivity index (χ2v) is 2.29. The average Bonchev–Trinajstić information content (AvgIpc) is 2.08. The number of hydrogen-bond donors (Lipinski definition) is 3. The highest BCUT2D eigenvalue weighted by molar-refractivity contribution is 5.95. The minimum absolute atomic E-state index is 0.155. The molecule has 0 saturated heterocycles. The molecule has 0 spiro atoms. The van der Waals surface area contributed by atoms with E-state index in [1.54, 1.807) is 0 Å². The van der Waals surface area contributed by atoms with Gasteiger partial charge in [0.15, 0.2) is 0 Å². The molecule has 0 aliphatic carbocycles. The van der Waals surface area contributed by atoms with Crippen LogP contribution in [0.1, 0.15) is 15.9 Å². The zero-order valence-electron chi connectivity index (χ0n) is 6.51. The molecule has 0 saturated carbocycles. The predicted octanol–water partition coefficient (Wildman–Crippen LogP) is 0.898. The minimum atomic E-state index is -1.23. The molecule has 0 amide bonds. The lowest BCUT2D eigenvalue weighted by molar-refractivity contribution is 0.0693. The van der Waals surface area contributed by atoms with Crippen LogP contribution in [0.5, 0.6) is 5.75 Å². The van der Waals surface area contributed by atoms with Crippen LogP contribution in [-0.4, -0.2) is 27.6 Å². The number of carbonyl (C=O) groups is 1. The van der Waals surface area contributed by atoms with Crippen LogP contribution in [0.2, 0.25) is 0 Å².